The molecule has 3 rings (SSSR count). The number of amides is 1. The Labute approximate surface area is 150 Å². The predicted octanol–water partition coefficient (Wildman–Crippen LogP) is 3.49. The minimum absolute atomic E-state index is 0.293. The van der Waals surface area contributed by atoms with Crippen LogP contribution >= 0.6 is 0 Å². The van der Waals surface area contributed by atoms with E-state index in [1.165, 1.54) is 12.1 Å². The molecule has 26 heavy (non-hydrogen) atoms. The van der Waals surface area contributed by atoms with Crippen molar-refractivity contribution in [3.63, 3.8) is 0 Å². The summed E-state index contributed by atoms with van der Waals surface area (Å²) < 4.78 is 17.9. The molecule has 132 valence electrons. The lowest BCUT2D eigenvalue weighted by Crippen LogP contribution is -2.30. The molecular formula is C21H18FNO3. The molecule has 0 aromatic heterocycles. The number of esters is 1. The van der Waals surface area contributed by atoms with Gasteiger partial charge in [0.15, 0.2) is 6.61 Å². The predicted molar refractivity (Wildman–Crippen MR) is 97.3 cm³/mol. The van der Waals surface area contributed by atoms with Gasteiger partial charge < -0.3 is 10.1 Å². The molecule has 3 aromatic carbocycles. The van der Waals surface area contributed by atoms with Crippen LogP contribution in [-0.4, -0.2) is 25.0 Å². The smallest absolute Gasteiger partial charge is 0.338 e. The molecule has 0 radical (unpaired) electrons. The summed E-state index contributed by atoms with van der Waals surface area (Å²) in [5, 5.41) is 4.64. The summed E-state index contributed by atoms with van der Waals surface area (Å²) in [7, 11) is 0. The lowest BCUT2D eigenvalue weighted by molar-refractivity contribution is -0.124. The van der Waals surface area contributed by atoms with E-state index in [1.54, 1.807) is 24.3 Å². The van der Waals surface area contributed by atoms with Crippen LogP contribution in [0.25, 0.3) is 10.8 Å². The molecule has 1 N–H and O–H groups in total. The quantitative estimate of drug-likeness (QED) is 0.692. The number of fused-ring (bicyclic) bond motifs is 1. The van der Waals surface area contributed by atoms with Crippen LogP contribution < -0.4 is 5.32 Å². The highest BCUT2D eigenvalue weighted by molar-refractivity contribution is 5.96. The maximum absolute atomic E-state index is 12.8. The van der Waals surface area contributed by atoms with Gasteiger partial charge in [-0.3, -0.25) is 4.79 Å². The minimum atomic E-state index is -0.538. The number of halogens is 1. The first kappa shape index (κ1) is 17.6. The van der Waals surface area contributed by atoms with Crippen molar-refractivity contribution in [2.45, 2.75) is 6.42 Å². The van der Waals surface area contributed by atoms with E-state index in [4.69, 9.17) is 4.74 Å². The van der Waals surface area contributed by atoms with Gasteiger partial charge in [0.2, 0.25) is 0 Å². The number of benzene rings is 3. The molecule has 0 aliphatic rings. The lowest BCUT2D eigenvalue weighted by atomic mass is 10.1. The van der Waals surface area contributed by atoms with Gasteiger partial charge in [-0.25, -0.2) is 9.18 Å². The van der Waals surface area contributed by atoms with E-state index in [0.717, 1.165) is 16.3 Å². The summed E-state index contributed by atoms with van der Waals surface area (Å²) in [6.45, 7) is 0.0487. The summed E-state index contributed by atoms with van der Waals surface area (Å²) in [5.41, 5.74) is 1.32. The van der Waals surface area contributed by atoms with E-state index >= 15 is 0 Å². The van der Waals surface area contributed by atoms with E-state index in [2.05, 4.69) is 5.32 Å². The largest absolute Gasteiger partial charge is 0.452 e. The van der Waals surface area contributed by atoms with Crippen LogP contribution in [0.5, 0.6) is 0 Å². The van der Waals surface area contributed by atoms with Crippen LogP contribution in [0.1, 0.15) is 15.9 Å². The monoisotopic (exact) mass is 351 g/mol. The number of ether oxygens (including phenoxy) is 1. The molecule has 0 atom stereocenters. The second-order valence-electron chi connectivity index (χ2n) is 5.86. The number of nitrogens with one attached hydrogen (secondary N) is 1. The molecule has 0 saturated carbocycles. The normalized spacial score (nSPS) is 10.5. The third kappa shape index (κ3) is 4.66. The standard InChI is InChI=1S/C21H18FNO3/c22-19-9-5-15(6-10-19)11-12-23-20(24)14-26-21(25)18-8-7-16-3-1-2-4-17(16)13-18/h1-10,13H,11-12,14H2,(H,23,24). The second kappa shape index (κ2) is 8.25. The van der Waals surface area contributed by atoms with E-state index in [1.807, 2.05) is 30.3 Å². The van der Waals surface area contributed by atoms with Gasteiger partial charge in [-0.05, 0) is 47.0 Å². The topological polar surface area (TPSA) is 55.4 Å². The molecule has 3 aromatic rings. The number of carbonyl (C=O) groups is 2. The molecule has 1 amide bonds. The van der Waals surface area contributed by atoms with Crippen LogP contribution in [-0.2, 0) is 16.0 Å². The zero-order valence-corrected chi connectivity index (χ0v) is 14.1. The third-order valence-electron chi connectivity index (χ3n) is 3.97. The molecular weight excluding hydrogens is 333 g/mol. The van der Waals surface area contributed by atoms with Gasteiger partial charge >= 0.3 is 5.97 Å². The summed E-state index contributed by atoms with van der Waals surface area (Å²) in [6.07, 6.45) is 0.574. The Morgan fingerprint density at radius 2 is 1.65 bits per heavy atom. The van der Waals surface area contributed by atoms with Crippen molar-refractivity contribution in [2.24, 2.45) is 0 Å². The Morgan fingerprint density at radius 3 is 2.42 bits per heavy atom. The van der Waals surface area contributed by atoms with Crippen LogP contribution in [0.3, 0.4) is 0 Å². The van der Waals surface area contributed by atoms with Gasteiger partial charge in [0, 0.05) is 6.54 Å². The maximum Gasteiger partial charge on any atom is 0.338 e. The van der Waals surface area contributed by atoms with E-state index in [-0.39, 0.29) is 18.3 Å². The lowest BCUT2D eigenvalue weighted by Gasteiger charge is -2.07. The fraction of sp³-hybridized carbons (Fsp3) is 0.143. The van der Waals surface area contributed by atoms with Gasteiger partial charge in [-0.2, -0.15) is 0 Å². The average molecular weight is 351 g/mol. The van der Waals surface area contributed by atoms with Crippen LogP contribution in [0.4, 0.5) is 4.39 Å². The Kier molecular flexibility index (Phi) is 5.59. The van der Waals surface area contributed by atoms with Crippen molar-refractivity contribution in [2.75, 3.05) is 13.2 Å². The maximum atomic E-state index is 12.8. The molecule has 0 bridgehead atoms. The third-order valence-corrected chi connectivity index (χ3v) is 3.97. The zero-order valence-electron chi connectivity index (χ0n) is 14.1. The molecule has 0 saturated heterocycles. The fourth-order valence-electron chi connectivity index (χ4n) is 2.58. The Balaban J connectivity index is 1.45. The van der Waals surface area contributed by atoms with Gasteiger partial charge in [0.1, 0.15) is 5.82 Å². The van der Waals surface area contributed by atoms with Crippen LogP contribution in [0.2, 0.25) is 0 Å². The van der Waals surface area contributed by atoms with E-state index in [9.17, 15) is 14.0 Å². The van der Waals surface area contributed by atoms with Gasteiger partial charge in [0.05, 0.1) is 5.56 Å². The van der Waals surface area contributed by atoms with Crippen LogP contribution in [0, 0.1) is 5.82 Å². The van der Waals surface area contributed by atoms with Crippen molar-refractivity contribution in [3.05, 3.63) is 83.7 Å². The summed E-state index contributed by atoms with van der Waals surface area (Å²) in [5.74, 6) is -1.20. The molecule has 0 unspecified atom stereocenters. The van der Waals surface area contributed by atoms with Crippen molar-refractivity contribution in [3.8, 4) is 0 Å². The first-order valence-corrected chi connectivity index (χ1v) is 8.29. The molecule has 0 fully saturated rings. The summed E-state index contributed by atoms with van der Waals surface area (Å²) >= 11 is 0. The first-order valence-electron chi connectivity index (χ1n) is 8.29. The highest BCUT2D eigenvalue weighted by Gasteiger charge is 2.10. The van der Waals surface area contributed by atoms with Gasteiger partial charge in [-0.1, -0.05) is 42.5 Å². The van der Waals surface area contributed by atoms with Crippen molar-refractivity contribution >= 4 is 22.6 Å². The zero-order chi connectivity index (χ0) is 18.4. The first-order chi connectivity index (χ1) is 12.6. The van der Waals surface area contributed by atoms with Gasteiger partial charge in [0.25, 0.3) is 5.91 Å². The summed E-state index contributed by atoms with van der Waals surface area (Å²) in [4.78, 5) is 23.9. The Morgan fingerprint density at radius 1 is 0.923 bits per heavy atom. The molecule has 5 heteroatoms. The Bertz CT molecular complexity index is 922. The number of rotatable bonds is 6. The summed E-state index contributed by atoms with van der Waals surface area (Å²) in [6, 6.07) is 19.0. The molecule has 0 heterocycles. The molecule has 4 nitrogen and oxygen atoms in total. The molecule has 0 aliphatic carbocycles. The van der Waals surface area contributed by atoms with E-state index in [0.29, 0.717) is 18.5 Å². The highest BCUT2D eigenvalue weighted by atomic mass is 19.1. The SMILES string of the molecule is O=C(COC(=O)c1ccc2ccccc2c1)NCCc1ccc(F)cc1. The molecule has 0 spiro atoms. The Hall–Kier alpha value is -3.21. The second-order valence-corrected chi connectivity index (χ2v) is 5.86. The fourth-order valence-corrected chi connectivity index (χ4v) is 2.58. The van der Waals surface area contributed by atoms with Crippen LogP contribution in [0.15, 0.2) is 66.7 Å². The average Bonchev–Trinajstić information content (AvgIpc) is 2.67. The number of carbonyl (C=O) groups excluding carboxylic acids is 2. The minimum Gasteiger partial charge on any atom is -0.452 e. The van der Waals surface area contributed by atoms with Gasteiger partial charge in [-0.15, -0.1) is 0 Å². The number of hydrogen-bond donors (Lipinski definition) is 1. The van der Waals surface area contributed by atoms with Crippen molar-refractivity contribution in [1.82, 2.24) is 5.32 Å². The highest BCUT2D eigenvalue weighted by Crippen LogP contribution is 2.16. The van der Waals surface area contributed by atoms with E-state index < -0.39 is 5.97 Å². The molecule has 0 aliphatic heterocycles. The van der Waals surface area contributed by atoms with Crippen molar-refractivity contribution < 1.29 is 18.7 Å². The number of hydrogen-bond acceptors (Lipinski definition) is 3. The van der Waals surface area contributed by atoms with Crippen molar-refractivity contribution in [1.29, 1.82) is 0 Å².